The first-order chi connectivity index (χ1) is 31.8. The van der Waals surface area contributed by atoms with Crippen LogP contribution in [0.4, 0.5) is 0 Å². The molecule has 0 spiro atoms. The van der Waals surface area contributed by atoms with Gasteiger partial charge in [-0.1, -0.05) is 0 Å². The maximum absolute atomic E-state index is 11.2. The largest absolute Gasteiger partial charge is 0.394 e. The Morgan fingerprint density at radius 1 is 0.209 bits per heavy atom. The first kappa shape index (κ1) is 55.1. The summed E-state index contributed by atoms with van der Waals surface area (Å²) < 4.78 is 60.6. The van der Waals surface area contributed by atoms with Gasteiger partial charge in [-0.05, 0) is 0 Å². The first-order valence-corrected chi connectivity index (χ1v) is 21.1. The third-order valence-electron chi connectivity index (χ3n) is 12.4. The Hall–Kier alpha value is -1.24. The van der Waals surface area contributed by atoms with Crippen molar-refractivity contribution in [2.24, 2.45) is 0 Å². The Labute approximate surface area is 378 Å². The van der Waals surface area contributed by atoms with E-state index in [0.717, 1.165) is 0 Å². The molecule has 0 radical (unpaired) electrons. The van der Waals surface area contributed by atoms with E-state index in [9.17, 15) is 102 Å². The molecule has 6 saturated heterocycles. The van der Waals surface area contributed by atoms with Crippen LogP contribution in [0, 0.1) is 0 Å². The fourth-order valence-electron chi connectivity index (χ4n) is 8.44. The molecule has 31 heteroatoms. The standard InChI is InChI=1S/C36H62O31/c37-1-7-13(43)15(45)21(51)31(57-7)63-27-9(3-39)59-33(23(53)17(27)47)65-28-10(4-40)60-34(24(54)18(28)48)66-30-12(6-42)62-36(26(56)20(30)50)67-35-25(55)19(49)29(11(5-41)61-35)64-32-22(52)16(46)14(44)8(2-38)58-32/h7-56H,1-6H2/t7-,8-,9-,10-,11-,12-,13-,14-,15+,16+,17-,18-,19-,20-,21-,22-,23-,24-,25-,26-,27-,28-,29-,30-,31-,32-,33+,34+,35-,36-/m1/s1. The summed E-state index contributed by atoms with van der Waals surface area (Å²) >= 11 is 0. The highest BCUT2D eigenvalue weighted by Gasteiger charge is 2.57. The van der Waals surface area contributed by atoms with Crippen molar-refractivity contribution in [3.63, 3.8) is 0 Å². The van der Waals surface area contributed by atoms with E-state index in [1.807, 2.05) is 0 Å². The van der Waals surface area contributed by atoms with Crippen molar-refractivity contribution in [1.82, 2.24) is 0 Å². The van der Waals surface area contributed by atoms with Crippen LogP contribution in [0.15, 0.2) is 0 Å². The molecule has 31 nitrogen and oxygen atoms in total. The van der Waals surface area contributed by atoms with Crippen LogP contribution in [0.5, 0.6) is 0 Å². The lowest BCUT2D eigenvalue weighted by Gasteiger charge is -2.49. The molecule has 0 saturated carbocycles. The van der Waals surface area contributed by atoms with E-state index in [1.165, 1.54) is 0 Å². The van der Waals surface area contributed by atoms with Crippen molar-refractivity contribution < 1.29 is 154 Å². The smallest absolute Gasteiger partial charge is 0.189 e. The van der Waals surface area contributed by atoms with Gasteiger partial charge >= 0.3 is 0 Å². The molecule has 67 heavy (non-hydrogen) atoms. The topological polar surface area (TPSA) is 506 Å². The van der Waals surface area contributed by atoms with Crippen molar-refractivity contribution in [3.8, 4) is 0 Å². The summed E-state index contributed by atoms with van der Waals surface area (Å²) in [6, 6.07) is 0. The van der Waals surface area contributed by atoms with Crippen LogP contribution in [-0.2, 0) is 52.1 Å². The van der Waals surface area contributed by atoms with Gasteiger partial charge in [-0.3, -0.25) is 0 Å². The Bertz CT molecular complexity index is 1500. The van der Waals surface area contributed by atoms with Crippen LogP contribution in [-0.4, -0.2) is 326 Å². The normalized spacial score (nSPS) is 53.4. The van der Waals surface area contributed by atoms with Gasteiger partial charge in [0.2, 0.25) is 0 Å². The van der Waals surface area contributed by atoms with E-state index >= 15 is 0 Å². The predicted molar refractivity (Wildman–Crippen MR) is 199 cm³/mol. The van der Waals surface area contributed by atoms with E-state index in [-0.39, 0.29) is 0 Å². The molecule has 0 aromatic heterocycles. The van der Waals surface area contributed by atoms with Gasteiger partial charge in [0.05, 0.1) is 39.6 Å². The maximum atomic E-state index is 11.2. The van der Waals surface area contributed by atoms with Gasteiger partial charge in [0.15, 0.2) is 37.7 Å². The van der Waals surface area contributed by atoms with Crippen molar-refractivity contribution in [1.29, 1.82) is 0 Å². The van der Waals surface area contributed by atoms with Crippen molar-refractivity contribution in [2.75, 3.05) is 39.6 Å². The highest BCUT2D eigenvalue weighted by molar-refractivity contribution is 4.99. The van der Waals surface area contributed by atoms with E-state index in [1.54, 1.807) is 0 Å². The minimum absolute atomic E-state index is 0.828. The van der Waals surface area contributed by atoms with Crippen LogP contribution < -0.4 is 0 Å². The average Bonchev–Trinajstić information content (AvgIpc) is 3.32. The molecule has 6 aliphatic rings. The number of rotatable bonds is 16. The molecule has 20 N–H and O–H groups in total. The van der Waals surface area contributed by atoms with Gasteiger partial charge in [0.1, 0.15) is 146 Å². The van der Waals surface area contributed by atoms with Gasteiger partial charge in [-0.2, -0.15) is 0 Å². The zero-order chi connectivity index (χ0) is 49.3. The molecule has 0 aromatic carbocycles. The maximum Gasteiger partial charge on any atom is 0.189 e. The van der Waals surface area contributed by atoms with Gasteiger partial charge in [-0.15, -0.1) is 0 Å². The fraction of sp³-hybridized carbons (Fsp3) is 1.00. The Morgan fingerprint density at radius 3 is 0.597 bits per heavy atom. The minimum atomic E-state index is -2.17. The highest BCUT2D eigenvalue weighted by atomic mass is 16.8. The van der Waals surface area contributed by atoms with E-state index in [4.69, 9.17) is 52.1 Å². The Balaban J connectivity index is 1.06. The molecule has 0 amide bonds. The van der Waals surface area contributed by atoms with Crippen LogP contribution in [0.3, 0.4) is 0 Å². The summed E-state index contributed by atoms with van der Waals surface area (Å²) in [5, 5.41) is 209. The lowest BCUT2D eigenvalue weighted by Crippen LogP contribution is -2.68. The molecular formula is C36H62O31. The minimum Gasteiger partial charge on any atom is -0.394 e. The number of ether oxygens (including phenoxy) is 11. The average molecular weight is 991 g/mol. The molecular weight excluding hydrogens is 928 g/mol. The third kappa shape index (κ3) is 11.2. The van der Waals surface area contributed by atoms with E-state index in [2.05, 4.69) is 0 Å². The fourth-order valence-corrected chi connectivity index (χ4v) is 8.44. The van der Waals surface area contributed by atoms with Gasteiger partial charge < -0.3 is 154 Å². The molecule has 0 aromatic rings. The summed E-state index contributed by atoms with van der Waals surface area (Å²) in [6.07, 6.45) is -56.4. The summed E-state index contributed by atoms with van der Waals surface area (Å²) in [4.78, 5) is 0. The zero-order valence-electron chi connectivity index (χ0n) is 35.0. The van der Waals surface area contributed by atoms with Crippen LogP contribution in [0.1, 0.15) is 0 Å². The van der Waals surface area contributed by atoms with Crippen LogP contribution in [0.25, 0.3) is 0 Å². The summed E-state index contributed by atoms with van der Waals surface area (Å²) in [5.41, 5.74) is 0. The van der Waals surface area contributed by atoms with Crippen molar-refractivity contribution >= 4 is 0 Å². The monoisotopic (exact) mass is 990 g/mol. The summed E-state index contributed by atoms with van der Waals surface area (Å²) in [5.74, 6) is 0. The van der Waals surface area contributed by atoms with Crippen molar-refractivity contribution in [2.45, 2.75) is 184 Å². The van der Waals surface area contributed by atoms with Crippen molar-refractivity contribution in [3.05, 3.63) is 0 Å². The molecule has 30 atom stereocenters. The third-order valence-corrected chi connectivity index (χ3v) is 12.4. The number of hydrogen-bond donors (Lipinski definition) is 20. The van der Waals surface area contributed by atoms with Gasteiger partial charge in [-0.25, -0.2) is 0 Å². The zero-order valence-corrected chi connectivity index (χ0v) is 35.0. The van der Waals surface area contributed by atoms with Gasteiger partial charge in [0, 0.05) is 0 Å². The summed E-state index contributed by atoms with van der Waals surface area (Å²) in [7, 11) is 0. The molecule has 6 rings (SSSR count). The molecule has 392 valence electrons. The molecule has 6 aliphatic heterocycles. The molecule has 0 aliphatic carbocycles. The molecule has 6 heterocycles. The molecule has 0 bridgehead atoms. The second-order valence-corrected chi connectivity index (χ2v) is 16.8. The lowest BCUT2D eigenvalue weighted by molar-refractivity contribution is -0.405. The van der Waals surface area contributed by atoms with Crippen LogP contribution in [0.2, 0.25) is 0 Å². The molecule has 0 unspecified atom stereocenters. The first-order valence-electron chi connectivity index (χ1n) is 21.1. The Morgan fingerprint density at radius 2 is 0.388 bits per heavy atom. The molecule has 6 fully saturated rings. The number of aliphatic hydroxyl groups is 20. The summed E-state index contributed by atoms with van der Waals surface area (Å²) in [6.45, 7) is -5.62. The predicted octanol–water partition coefficient (Wildman–Crippen LogP) is -14.1. The number of hydrogen-bond acceptors (Lipinski definition) is 31. The van der Waals surface area contributed by atoms with E-state index < -0.39 is 224 Å². The Kier molecular flexibility index (Phi) is 19.4. The SMILES string of the molecule is OC[C@H]1O[C@H](O[C@H]2[C@H](O)[C@@H](O)[C@H](O[C@H]3[C@H](O)[C@@H](O)[C@H](O[C@H]4[C@H](O)[C@@H](O)[C@@H](O[C@H]5O[C@H](CO)[C@@H](O[C@H]6O[C@H](CO)[C@@H](O)[C@H](O)[C@H]6O)[C@H](O)[C@H]5O)O[C@@H]4CO)O[C@@H]3CO)O[C@@H]2CO)[C@H](O)[C@@H](O)[C@@H]1O. The second-order valence-electron chi connectivity index (χ2n) is 16.8. The van der Waals surface area contributed by atoms with Gasteiger partial charge in [0.25, 0.3) is 0 Å². The van der Waals surface area contributed by atoms with Crippen LogP contribution >= 0.6 is 0 Å². The highest BCUT2D eigenvalue weighted by Crippen LogP contribution is 2.36. The number of aliphatic hydroxyl groups excluding tert-OH is 20. The quantitative estimate of drug-likeness (QED) is 0.0683. The van der Waals surface area contributed by atoms with E-state index in [0.29, 0.717) is 0 Å². The second kappa shape index (κ2) is 23.5. The lowest BCUT2D eigenvalue weighted by atomic mass is 9.95.